The molecule has 0 saturated heterocycles. The van der Waals surface area contributed by atoms with Gasteiger partial charge in [0.15, 0.2) is 0 Å². The predicted octanol–water partition coefficient (Wildman–Crippen LogP) is 7.40. The summed E-state index contributed by atoms with van der Waals surface area (Å²) in [4.78, 5) is 12.1. The normalized spacial score (nSPS) is 14.2. The van der Waals surface area contributed by atoms with Gasteiger partial charge in [0.1, 0.15) is 24.7 Å². The van der Waals surface area contributed by atoms with E-state index < -0.39 is 19.5 Å². The second-order valence-corrected chi connectivity index (χ2v) is 12.2. The molecule has 3 aromatic rings. The first-order valence-electron chi connectivity index (χ1n) is 13.6. The van der Waals surface area contributed by atoms with Crippen molar-refractivity contribution in [1.82, 2.24) is 5.09 Å². The van der Waals surface area contributed by atoms with Gasteiger partial charge in [-0.15, -0.1) is 11.6 Å². The van der Waals surface area contributed by atoms with Crippen LogP contribution >= 0.6 is 19.1 Å². The molecule has 0 fully saturated rings. The number of hydrogen-bond donors (Lipinski definition) is 1. The van der Waals surface area contributed by atoms with Crippen LogP contribution in [0.3, 0.4) is 0 Å². The molecule has 0 aliphatic rings. The van der Waals surface area contributed by atoms with Crippen molar-refractivity contribution in [2.24, 2.45) is 0 Å². The third kappa shape index (κ3) is 10.1. The van der Waals surface area contributed by atoms with E-state index in [1.54, 1.807) is 20.8 Å². The highest BCUT2D eigenvalue weighted by molar-refractivity contribution is 7.56. The molecule has 0 aliphatic carbocycles. The minimum absolute atomic E-state index is 0.0321. The highest BCUT2D eigenvalue weighted by atomic mass is 35.5. The van der Waals surface area contributed by atoms with Gasteiger partial charge in [-0.1, -0.05) is 72.8 Å². The predicted molar refractivity (Wildman–Crippen MR) is 165 cm³/mol. The summed E-state index contributed by atoms with van der Waals surface area (Å²) >= 11 is 6.25. The molecule has 0 bridgehead atoms. The number of esters is 1. The molecule has 0 spiro atoms. The van der Waals surface area contributed by atoms with Crippen LogP contribution in [0, 0.1) is 0 Å². The molecule has 3 rings (SSSR count). The van der Waals surface area contributed by atoms with Gasteiger partial charge in [-0.3, -0.25) is 9.36 Å². The number of carbonyl (C=O) groups excluding carboxylic acids is 1. The highest BCUT2D eigenvalue weighted by Gasteiger charge is 2.29. The molecule has 0 heterocycles. The third-order valence-corrected chi connectivity index (χ3v) is 8.19. The van der Waals surface area contributed by atoms with E-state index in [1.807, 2.05) is 60.7 Å². The van der Waals surface area contributed by atoms with Crippen LogP contribution in [0.15, 0.2) is 84.9 Å². The van der Waals surface area contributed by atoms with Crippen molar-refractivity contribution in [3.05, 3.63) is 102 Å². The molecule has 0 aliphatic heterocycles. The smallest absolute Gasteiger partial charge is 0.323 e. The number of hydrogen-bond acceptors (Lipinski definition) is 6. The van der Waals surface area contributed by atoms with E-state index in [2.05, 4.69) is 29.4 Å². The molecular weight excluding hydrogens is 561 g/mol. The molecule has 2 unspecified atom stereocenters. The van der Waals surface area contributed by atoms with Gasteiger partial charge in [-0.2, -0.15) is 0 Å². The largest absolute Gasteiger partial charge is 0.491 e. The minimum atomic E-state index is -3.47. The van der Waals surface area contributed by atoms with Crippen molar-refractivity contribution in [2.45, 2.75) is 39.3 Å². The monoisotopic (exact) mass is 599 g/mol. The Morgan fingerprint density at radius 1 is 0.854 bits per heavy atom. The average molecular weight is 600 g/mol. The number of allylic oxidation sites excluding steroid dienone is 1. The molecule has 41 heavy (non-hydrogen) atoms. The van der Waals surface area contributed by atoms with Crippen molar-refractivity contribution in [3.63, 3.8) is 0 Å². The first kappa shape index (κ1) is 32.6. The number of methoxy groups -OCH3 is 1. The Morgan fingerprint density at radius 3 is 2.00 bits per heavy atom. The second kappa shape index (κ2) is 16.5. The lowest BCUT2D eigenvalue weighted by Crippen LogP contribution is -2.36. The van der Waals surface area contributed by atoms with Crippen LogP contribution in [0.2, 0.25) is 0 Å². The zero-order chi connectivity index (χ0) is 29.7. The molecule has 0 saturated carbocycles. The van der Waals surface area contributed by atoms with Crippen molar-refractivity contribution in [2.75, 3.05) is 32.6 Å². The maximum absolute atomic E-state index is 13.2. The van der Waals surface area contributed by atoms with E-state index in [-0.39, 0.29) is 25.7 Å². The van der Waals surface area contributed by atoms with Gasteiger partial charge < -0.3 is 18.7 Å². The van der Waals surface area contributed by atoms with E-state index in [4.69, 9.17) is 30.3 Å². The van der Waals surface area contributed by atoms with Crippen molar-refractivity contribution < 1.29 is 28.1 Å². The summed E-state index contributed by atoms with van der Waals surface area (Å²) in [5.74, 6) is 0.634. The van der Waals surface area contributed by atoms with Crippen LogP contribution in [0.25, 0.3) is 11.1 Å². The molecule has 0 amide bonds. The molecule has 220 valence electrons. The van der Waals surface area contributed by atoms with Gasteiger partial charge in [0.05, 0.1) is 12.7 Å². The number of alkyl halides is 1. The number of ether oxygens (including phenoxy) is 3. The van der Waals surface area contributed by atoms with Crippen molar-refractivity contribution in [3.8, 4) is 5.75 Å². The van der Waals surface area contributed by atoms with Crippen LogP contribution in [-0.4, -0.2) is 50.7 Å². The number of nitrogens with one attached hydrogen (secondary N) is 1. The number of rotatable bonds is 16. The number of carbonyl (C=O) groups is 1. The lowest BCUT2D eigenvalue weighted by atomic mass is 9.88. The summed E-state index contributed by atoms with van der Waals surface area (Å²) in [7, 11) is -2.05. The summed E-state index contributed by atoms with van der Waals surface area (Å²) in [5.41, 5.74) is 5.56. The molecule has 0 aromatic heterocycles. The van der Waals surface area contributed by atoms with Gasteiger partial charge >= 0.3 is 5.97 Å². The van der Waals surface area contributed by atoms with E-state index in [1.165, 1.54) is 12.7 Å². The Hall–Kier alpha value is -2.93. The lowest BCUT2D eigenvalue weighted by molar-refractivity contribution is -0.149. The molecule has 0 radical (unpaired) electrons. The molecule has 3 aromatic carbocycles. The van der Waals surface area contributed by atoms with Crippen LogP contribution in [-0.2, 0) is 23.4 Å². The summed E-state index contributed by atoms with van der Waals surface area (Å²) in [6.45, 7) is 5.26. The Balaban J connectivity index is 1.71. The molecule has 7 nitrogen and oxygen atoms in total. The minimum Gasteiger partial charge on any atom is -0.491 e. The van der Waals surface area contributed by atoms with E-state index in [9.17, 15) is 9.36 Å². The second-order valence-electron chi connectivity index (χ2n) is 9.66. The standard InChI is InChI=1S/C32H39ClNO6P/c1-24(2)40-32(35)25(3)34-41(36,23-37-4)39-22-21-38-29-17-15-28(16-18-29)31(27-13-9-6-10-14-27)30(19-20-33)26-11-7-5-8-12-26/h5-18,24-25H,19-23H2,1-4H3,(H,34,36)/b31-30+. The SMILES string of the molecule is COCP(=O)(NC(C)C(=O)OC(C)C)OCCOc1ccc(/C(=C(\CCCl)c2ccccc2)c2ccccc2)cc1. The summed E-state index contributed by atoms with van der Waals surface area (Å²) in [5, 5.41) is 2.73. The Bertz CT molecular complexity index is 1300. The van der Waals surface area contributed by atoms with Gasteiger partial charge in [-0.25, -0.2) is 5.09 Å². The average Bonchev–Trinajstić information content (AvgIpc) is 2.96. The van der Waals surface area contributed by atoms with Crippen LogP contribution < -0.4 is 9.82 Å². The van der Waals surface area contributed by atoms with Crippen LogP contribution in [0.4, 0.5) is 0 Å². The topological polar surface area (TPSA) is 83.1 Å². The maximum atomic E-state index is 13.2. The van der Waals surface area contributed by atoms with Gasteiger partial charge in [0.2, 0.25) is 0 Å². The fraction of sp³-hybridized carbons (Fsp3) is 0.344. The summed E-state index contributed by atoms with van der Waals surface area (Å²) in [6.07, 6.45) is 0.245. The van der Waals surface area contributed by atoms with Crippen molar-refractivity contribution >= 4 is 36.2 Å². The highest BCUT2D eigenvalue weighted by Crippen LogP contribution is 2.42. The Morgan fingerprint density at radius 2 is 1.44 bits per heavy atom. The molecule has 1 N–H and O–H groups in total. The molecule has 9 heteroatoms. The quantitative estimate of drug-likeness (QED) is 0.0604. The zero-order valence-corrected chi connectivity index (χ0v) is 25.7. The fourth-order valence-electron chi connectivity index (χ4n) is 4.29. The first-order chi connectivity index (χ1) is 19.8. The van der Waals surface area contributed by atoms with Crippen molar-refractivity contribution in [1.29, 1.82) is 0 Å². The van der Waals surface area contributed by atoms with Gasteiger partial charge in [0.25, 0.3) is 7.52 Å². The van der Waals surface area contributed by atoms with E-state index >= 15 is 0 Å². The first-order valence-corrected chi connectivity index (χ1v) is 15.9. The third-order valence-electron chi connectivity index (χ3n) is 6.02. The van der Waals surface area contributed by atoms with E-state index in [0.717, 1.165) is 28.7 Å². The fourth-order valence-corrected chi connectivity index (χ4v) is 6.11. The number of benzene rings is 3. The summed E-state index contributed by atoms with van der Waals surface area (Å²) in [6, 6.07) is 27.6. The van der Waals surface area contributed by atoms with Gasteiger partial charge in [-0.05, 0) is 67.2 Å². The Kier molecular flexibility index (Phi) is 13.1. The molecular formula is C32H39ClNO6P. The van der Waals surface area contributed by atoms with E-state index in [0.29, 0.717) is 11.6 Å². The Labute approximate surface area is 248 Å². The van der Waals surface area contributed by atoms with Gasteiger partial charge in [0, 0.05) is 13.0 Å². The zero-order valence-electron chi connectivity index (χ0n) is 24.0. The maximum Gasteiger partial charge on any atom is 0.323 e. The number of halogens is 1. The molecule has 2 atom stereocenters. The van der Waals surface area contributed by atoms with Crippen LogP contribution in [0.5, 0.6) is 5.75 Å². The summed E-state index contributed by atoms with van der Waals surface area (Å²) < 4.78 is 34.9. The van der Waals surface area contributed by atoms with Crippen LogP contribution in [0.1, 0.15) is 43.9 Å². The lowest BCUT2D eigenvalue weighted by Gasteiger charge is -2.23.